The van der Waals surface area contributed by atoms with Crippen molar-refractivity contribution in [2.24, 2.45) is 0 Å². The minimum Gasteiger partial charge on any atom is -0.480 e. The summed E-state index contributed by atoms with van der Waals surface area (Å²) in [4.78, 5) is 23.7. The molecule has 28 heavy (non-hydrogen) atoms. The summed E-state index contributed by atoms with van der Waals surface area (Å²) in [6.45, 7) is 1.72. The molecule has 3 rings (SSSR count). The number of aromatic nitrogens is 1. The standard InChI is InChI=1S/C21H16BrN3O3/c1-13-6-7-18(17(22)8-13)24-21(28)14(10-23)9-15-11-25(12-20(26)27)19-5-3-2-4-16(15)19/h2-9,11H,12H2,1H3,(H,24,28)(H,26,27)/b14-9+. The number of hydrogen-bond acceptors (Lipinski definition) is 3. The second-order valence-electron chi connectivity index (χ2n) is 6.23. The molecule has 0 fully saturated rings. The number of nitrogens with zero attached hydrogens (tertiary/aromatic N) is 2. The molecule has 2 aromatic carbocycles. The Labute approximate surface area is 169 Å². The Bertz CT molecular complexity index is 1160. The first-order valence-corrected chi connectivity index (χ1v) is 9.17. The van der Waals surface area contributed by atoms with Crippen LogP contribution in [0.2, 0.25) is 0 Å². The fraction of sp³-hybridized carbons (Fsp3) is 0.0952. The smallest absolute Gasteiger partial charge is 0.323 e. The highest BCUT2D eigenvalue weighted by atomic mass is 79.9. The van der Waals surface area contributed by atoms with Gasteiger partial charge in [-0.25, -0.2) is 0 Å². The van der Waals surface area contributed by atoms with Crippen LogP contribution >= 0.6 is 15.9 Å². The Morgan fingerprint density at radius 3 is 2.71 bits per heavy atom. The number of aliphatic carboxylic acids is 1. The highest BCUT2D eigenvalue weighted by Crippen LogP contribution is 2.26. The molecule has 1 heterocycles. The zero-order valence-corrected chi connectivity index (χ0v) is 16.5. The number of para-hydroxylation sites is 1. The number of halogens is 1. The van der Waals surface area contributed by atoms with Crippen molar-refractivity contribution in [3.63, 3.8) is 0 Å². The third kappa shape index (κ3) is 4.13. The molecule has 0 atom stereocenters. The molecule has 0 aliphatic heterocycles. The highest BCUT2D eigenvalue weighted by molar-refractivity contribution is 9.10. The van der Waals surface area contributed by atoms with Crippen LogP contribution in [-0.2, 0) is 16.1 Å². The molecule has 140 valence electrons. The Morgan fingerprint density at radius 2 is 2.04 bits per heavy atom. The second kappa shape index (κ2) is 8.11. The van der Waals surface area contributed by atoms with E-state index in [4.69, 9.17) is 5.11 Å². The van der Waals surface area contributed by atoms with Crippen molar-refractivity contribution in [3.05, 3.63) is 69.8 Å². The van der Waals surface area contributed by atoms with Gasteiger partial charge < -0.3 is 15.0 Å². The minimum atomic E-state index is -0.973. The molecule has 2 N–H and O–H groups in total. The lowest BCUT2D eigenvalue weighted by Gasteiger charge is -2.07. The molecular formula is C21H16BrN3O3. The van der Waals surface area contributed by atoms with E-state index in [1.165, 1.54) is 6.08 Å². The molecule has 0 unspecified atom stereocenters. The van der Waals surface area contributed by atoms with Crippen LogP contribution in [0.5, 0.6) is 0 Å². The lowest BCUT2D eigenvalue weighted by Crippen LogP contribution is -2.13. The van der Waals surface area contributed by atoms with Gasteiger partial charge >= 0.3 is 5.97 Å². The summed E-state index contributed by atoms with van der Waals surface area (Å²) in [5.41, 5.74) is 2.84. The Hall–Kier alpha value is -3.37. The summed E-state index contributed by atoms with van der Waals surface area (Å²) in [7, 11) is 0. The van der Waals surface area contributed by atoms with Gasteiger partial charge in [-0.1, -0.05) is 24.3 Å². The molecule has 0 aliphatic carbocycles. The van der Waals surface area contributed by atoms with Crippen molar-refractivity contribution in [3.8, 4) is 6.07 Å². The number of carboxylic acid groups (broad SMARTS) is 1. The molecule has 0 saturated heterocycles. The first-order chi connectivity index (χ1) is 13.4. The molecule has 3 aromatic rings. The zero-order valence-electron chi connectivity index (χ0n) is 14.9. The lowest BCUT2D eigenvalue weighted by atomic mass is 10.1. The fourth-order valence-corrected chi connectivity index (χ4v) is 3.47. The van der Waals surface area contributed by atoms with Crippen LogP contribution < -0.4 is 5.32 Å². The Balaban J connectivity index is 1.97. The number of benzene rings is 2. The van der Waals surface area contributed by atoms with Crippen molar-refractivity contribution in [2.45, 2.75) is 13.5 Å². The first-order valence-electron chi connectivity index (χ1n) is 8.38. The van der Waals surface area contributed by atoms with E-state index >= 15 is 0 Å². The summed E-state index contributed by atoms with van der Waals surface area (Å²) >= 11 is 3.40. The number of anilines is 1. The van der Waals surface area contributed by atoms with Crippen LogP contribution in [0.25, 0.3) is 17.0 Å². The molecule has 0 bridgehead atoms. The maximum atomic E-state index is 12.6. The summed E-state index contributed by atoms with van der Waals surface area (Å²) in [6, 6.07) is 14.6. The maximum absolute atomic E-state index is 12.6. The quantitative estimate of drug-likeness (QED) is 0.458. The van der Waals surface area contributed by atoms with E-state index in [0.29, 0.717) is 11.3 Å². The number of nitrogens with one attached hydrogen (secondary N) is 1. The zero-order chi connectivity index (χ0) is 20.3. The van der Waals surface area contributed by atoms with E-state index in [1.807, 2.05) is 37.3 Å². The number of nitriles is 1. The molecule has 0 aliphatic rings. The van der Waals surface area contributed by atoms with E-state index < -0.39 is 11.9 Å². The van der Waals surface area contributed by atoms with Gasteiger partial charge in [0.1, 0.15) is 18.2 Å². The largest absolute Gasteiger partial charge is 0.480 e. The monoisotopic (exact) mass is 437 g/mol. The summed E-state index contributed by atoms with van der Waals surface area (Å²) < 4.78 is 2.30. The van der Waals surface area contributed by atoms with Crippen molar-refractivity contribution >= 4 is 50.5 Å². The number of hydrogen-bond donors (Lipinski definition) is 2. The van der Waals surface area contributed by atoms with E-state index in [2.05, 4.69) is 21.2 Å². The number of rotatable bonds is 5. The summed E-state index contributed by atoms with van der Waals surface area (Å²) in [5, 5.41) is 22.1. The van der Waals surface area contributed by atoms with Gasteiger partial charge in [-0.05, 0) is 52.7 Å². The van der Waals surface area contributed by atoms with Crippen molar-refractivity contribution in [1.82, 2.24) is 4.57 Å². The lowest BCUT2D eigenvalue weighted by molar-refractivity contribution is -0.137. The van der Waals surface area contributed by atoms with E-state index in [9.17, 15) is 14.9 Å². The van der Waals surface area contributed by atoms with Crippen LogP contribution in [0.4, 0.5) is 5.69 Å². The maximum Gasteiger partial charge on any atom is 0.323 e. The van der Waals surface area contributed by atoms with Crippen molar-refractivity contribution < 1.29 is 14.7 Å². The van der Waals surface area contributed by atoms with Crippen LogP contribution in [0.15, 0.2) is 58.7 Å². The van der Waals surface area contributed by atoms with Crippen LogP contribution in [0, 0.1) is 18.3 Å². The molecule has 0 spiro atoms. The number of amides is 1. The van der Waals surface area contributed by atoms with Gasteiger partial charge in [-0.15, -0.1) is 0 Å². The van der Waals surface area contributed by atoms with Crippen LogP contribution in [-0.4, -0.2) is 21.6 Å². The molecule has 6 nitrogen and oxygen atoms in total. The van der Waals surface area contributed by atoms with E-state index in [-0.39, 0.29) is 12.1 Å². The van der Waals surface area contributed by atoms with Crippen molar-refractivity contribution in [1.29, 1.82) is 5.26 Å². The van der Waals surface area contributed by atoms with Gasteiger partial charge in [-0.3, -0.25) is 9.59 Å². The van der Waals surface area contributed by atoms with Crippen LogP contribution in [0.3, 0.4) is 0 Å². The number of fused-ring (bicyclic) bond motifs is 1. The number of carboxylic acids is 1. The topological polar surface area (TPSA) is 95.1 Å². The second-order valence-corrected chi connectivity index (χ2v) is 7.08. The molecule has 7 heteroatoms. The average Bonchev–Trinajstić information content (AvgIpc) is 2.99. The predicted molar refractivity (Wildman–Crippen MR) is 111 cm³/mol. The molecule has 1 aromatic heterocycles. The van der Waals surface area contributed by atoms with Gasteiger partial charge in [0.15, 0.2) is 0 Å². The molecular weight excluding hydrogens is 422 g/mol. The number of aryl methyl sites for hydroxylation is 1. The summed E-state index contributed by atoms with van der Waals surface area (Å²) in [5.74, 6) is -1.51. The Morgan fingerprint density at radius 1 is 1.29 bits per heavy atom. The van der Waals surface area contributed by atoms with E-state index in [0.717, 1.165) is 20.9 Å². The number of carbonyl (C=O) groups excluding carboxylic acids is 1. The van der Waals surface area contributed by atoms with Crippen molar-refractivity contribution in [2.75, 3.05) is 5.32 Å². The van der Waals surface area contributed by atoms with Gasteiger partial charge in [-0.2, -0.15) is 5.26 Å². The fourth-order valence-electron chi connectivity index (χ4n) is 2.88. The molecule has 1 amide bonds. The van der Waals surface area contributed by atoms with Gasteiger partial charge in [0, 0.05) is 27.1 Å². The SMILES string of the molecule is Cc1ccc(NC(=O)/C(C#N)=C/c2cn(CC(=O)O)c3ccccc23)c(Br)c1. The van der Waals surface area contributed by atoms with E-state index in [1.54, 1.807) is 29.0 Å². The molecule has 0 saturated carbocycles. The van der Waals surface area contributed by atoms with Gasteiger partial charge in [0.25, 0.3) is 5.91 Å². The predicted octanol–water partition coefficient (Wildman–Crippen LogP) is 4.34. The normalized spacial score (nSPS) is 11.2. The highest BCUT2D eigenvalue weighted by Gasteiger charge is 2.14. The third-order valence-electron chi connectivity index (χ3n) is 4.16. The summed E-state index contributed by atoms with van der Waals surface area (Å²) in [6.07, 6.45) is 3.10. The minimum absolute atomic E-state index is 0.0781. The van der Waals surface area contributed by atoms with Crippen LogP contribution in [0.1, 0.15) is 11.1 Å². The Kier molecular flexibility index (Phi) is 5.62. The first kappa shape index (κ1) is 19.4. The van der Waals surface area contributed by atoms with Gasteiger partial charge in [0.05, 0.1) is 5.69 Å². The average molecular weight is 438 g/mol. The van der Waals surface area contributed by atoms with Gasteiger partial charge in [0.2, 0.25) is 0 Å². The third-order valence-corrected chi connectivity index (χ3v) is 4.82. The molecule has 0 radical (unpaired) electrons. The number of carbonyl (C=O) groups is 2.